The number of aromatic nitrogens is 1. The third-order valence-electron chi connectivity index (χ3n) is 2.96. The zero-order valence-corrected chi connectivity index (χ0v) is 12.9. The molecule has 0 spiro atoms. The molecule has 0 aromatic carbocycles. The summed E-state index contributed by atoms with van der Waals surface area (Å²) >= 11 is 1.51. The highest BCUT2D eigenvalue weighted by atomic mass is 32.1. The number of urea groups is 1. The normalized spacial score (nSPS) is 11.9. The number of carboxylic acid groups (broad SMARTS) is 1. The van der Waals surface area contributed by atoms with E-state index in [4.69, 9.17) is 5.11 Å². The van der Waals surface area contributed by atoms with Crippen LogP contribution in [0.25, 0.3) is 0 Å². The number of aliphatic carboxylic acids is 1. The molecule has 6 nitrogen and oxygen atoms in total. The fraction of sp³-hybridized carbons (Fsp3) is 0.615. The van der Waals surface area contributed by atoms with Crippen molar-refractivity contribution in [3.05, 3.63) is 16.1 Å². The zero-order chi connectivity index (χ0) is 15.1. The van der Waals surface area contributed by atoms with E-state index in [1.165, 1.54) is 11.3 Å². The Hall–Kier alpha value is -1.63. The molecule has 1 aromatic rings. The minimum Gasteiger partial charge on any atom is -0.481 e. The summed E-state index contributed by atoms with van der Waals surface area (Å²) in [5, 5.41) is 11.6. The van der Waals surface area contributed by atoms with E-state index in [2.05, 4.69) is 10.3 Å². The molecule has 0 saturated heterocycles. The molecule has 0 aliphatic carbocycles. The first-order valence-corrected chi connectivity index (χ1v) is 7.44. The van der Waals surface area contributed by atoms with Crippen LogP contribution in [0, 0.1) is 6.92 Å². The van der Waals surface area contributed by atoms with Crippen molar-refractivity contribution in [3.63, 3.8) is 0 Å². The van der Waals surface area contributed by atoms with Crippen molar-refractivity contribution >= 4 is 23.3 Å². The average molecular weight is 299 g/mol. The van der Waals surface area contributed by atoms with E-state index >= 15 is 0 Å². The van der Waals surface area contributed by atoms with Crippen LogP contribution >= 0.6 is 11.3 Å². The fourth-order valence-corrected chi connectivity index (χ4v) is 2.66. The number of hydrogen-bond acceptors (Lipinski definition) is 4. The first-order valence-electron chi connectivity index (χ1n) is 6.56. The van der Waals surface area contributed by atoms with Crippen molar-refractivity contribution in [2.75, 3.05) is 7.05 Å². The van der Waals surface area contributed by atoms with E-state index in [0.29, 0.717) is 13.0 Å². The van der Waals surface area contributed by atoms with Gasteiger partial charge in [0, 0.05) is 18.0 Å². The average Bonchev–Trinajstić information content (AvgIpc) is 2.74. The number of carboxylic acids is 1. The summed E-state index contributed by atoms with van der Waals surface area (Å²) in [5.41, 5.74) is 2.67. The second kappa shape index (κ2) is 7.84. The van der Waals surface area contributed by atoms with Crippen molar-refractivity contribution in [1.82, 2.24) is 15.2 Å². The number of nitrogens with zero attached hydrogens (tertiary/aromatic N) is 2. The number of rotatable bonds is 7. The molecule has 20 heavy (non-hydrogen) atoms. The first-order chi connectivity index (χ1) is 9.43. The third kappa shape index (κ3) is 5.16. The highest BCUT2D eigenvalue weighted by molar-refractivity contribution is 7.09. The van der Waals surface area contributed by atoms with Crippen LogP contribution in [-0.4, -0.2) is 40.1 Å². The van der Waals surface area contributed by atoms with Crippen LogP contribution in [0.4, 0.5) is 4.79 Å². The van der Waals surface area contributed by atoms with E-state index < -0.39 is 5.97 Å². The van der Waals surface area contributed by atoms with Gasteiger partial charge in [-0.25, -0.2) is 9.78 Å². The molecule has 0 bridgehead atoms. The van der Waals surface area contributed by atoms with E-state index in [0.717, 1.165) is 17.0 Å². The van der Waals surface area contributed by atoms with Crippen LogP contribution in [0.3, 0.4) is 0 Å². The molecule has 0 aliphatic heterocycles. The number of hydrogen-bond donors (Lipinski definition) is 2. The molecule has 2 N–H and O–H groups in total. The lowest BCUT2D eigenvalue weighted by Gasteiger charge is -2.22. The molecule has 1 unspecified atom stereocenters. The Morgan fingerprint density at radius 1 is 1.55 bits per heavy atom. The van der Waals surface area contributed by atoms with E-state index in [1.54, 1.807) is 17.5 Å². The molecule has 0 aliphatic rings. The molecule has 1 rings (SSSR count). The van der Waals surface area contributed by atoms with Gasteiger partial charge in [-0.1, -0.05) is 13.3 Å². The molecule has 7 heteroatoms. The summed E-state index contributed by atoms with van der Waals surface area (Å²) in [6.45, 7) is 4.35. The van der Waals surface area contributed by atoms with Gasteiger partial charge < -0.3 is 15.3 Å². The Labute approximate surface area is 122 Å². The summed E-state index contributed by atoms with van der Waals surface area (Å²) in [4.78, 5) is 29.5. The smallest absolute Gasteiger partial charge is 0.317 e. The van der Waals surface area contributed by atoms with Crippen molar-refractivity contribution < 1.29 is 14.7 Å². The monoisotopic (exact) mass is 299 g/mol. The van der Waals surface area contributed by atoms with Gasteiger partial charge in [0.1, 0.15) is 0 Å². The molecule has 0 fully saturated rings. The molecule has 112 valence electrons. The van der Waals surface area contributed by atoms with Crippen LogP contribution in [0.1, 0.15) is 36.8 Å². The van der Waals surface area contributed by atoms with E-state index in [9.17, 15) is 9.59 Å². The molecular formula is C13H21N3O3S. The van der Waals surface area contributed by atoms with Gasteiger partial charge in [-0.15, -0.1) is 11.3 Å². The number of thiazole rings is 1. The quantitative estimate of drug-likeness (QED) is 0.809. The van der Waals surface area contributed by atoms with Crippen LogP contribution in [-0.2, 0) is 11.3 Å². The van der Waals surface area contributed by atoms with Gasteiger partial charge in [0.2, 0.25) is 0 Å². The lowest BCUT2D eigenvalue weighted by atomic mass is 10.1. The highest BCUT2D eigenvalue weighted by Crippen LogP contribution is 2.14. The number of carbonyl (C=O) groups is 2. The number of carbonyl (C=O) groups excluding carboxylic acids is 1. The van der Waals surface area contributed by atoms with Crippen LogP contribution in [0.15, 0.2) is 5.51 Å². The predicted molar refractivity (Wildman–Crippen MR) is 77.8 cm³/mol. The number of aryl methyl sites for hydroxylation is 1. The van der Waals surface area contributed by atoms with Crippen molar-refractivity contribution in [3.8, 4) is 0 Å². The minimum atomic E-state index is -0.898. The maximum atomic E-state index is 12.1. The molecule has 1 aromatic heterocycles. The first kappa shape index (κ1) is 16.4. The van der Waals surface area contributed by atoms with Gasteiger partial charge in [-0.05, 0) is 13.3 Å². The van der Waals surface area contributed by atoms with Gasteiger partial charge in [0.25, 0.3) is 0 Å². The van der Waals surface area contributed by atoms with Crippen molar-refractivity contribution in [1.29, 1.82) is 0 Å². The Morgan fingerprint density at radius 3 is 2.75 bits per heavy atom. The van der Waals surface area contributed by atoms with Gasteiger partial charge in [-0.3, -0.25) is 4.79 Å². The van der Waals surface area contributed by atoms with Gasteiger partial charge in [-0.2, -0.15) is 0 Å². The van der Waals surface area contributed by atoms with E-state index in [1.807, 2.05) is 13.8 Å². The Kier molecular flexibility index (Phi) is 6.44. The van der Waals surface area contributed by atoms with Gasteiger partial charge >= 0.3 is 12.0 Å². The lowest BCUT2D eigenvalue weighted by Crippen LogP contribution is -2.43. The maximum Gasteiger partial charge on any atom is 0.317 e. The Morgan fingerprint density at radius 2 is 2.25 bits per heavy atom. The number of amides is 2. The molecule has 1 heterocycles. The Balaban J connectivity index is 2.54. The predicted octanol–water partition coefficient (Wildman–Crippen LogP) is 2.24. The van der Waals surface area contributed by atoms with Crippen molar-refractivity contribution in [2.45, 2.75) is 45.7 Å². The van der Waals surface area contributed by atoms with Crippen molar-refractivity contribution in [2.24, 2.45) is 0 Å². The second-order valence-corrected chi connectivity index (χ2v) is 5.69. The summed E-state index contributed by atoms with van der Waals surface area (Å²) in [6.07, 6.45) is 1.44. The standard InChI is InChI=1S/C13H21N3O3S/c1-4-5-10(6-12(17)18)15-13(19)16(3)7-11-9(2)14-8-20-11/h8,10H,4-7H2,1-3H3,(H,15,19)(H,17,18). The second-order valence-electron chi connectivity index (χ2n) is 4.75. The lowest BCUT2D eigenvalue weighted by molar-refractivity contribution is -0.137. The molecule has 2 amide bonds. The summed E-state index contributed by atoms with van der Waals surface area (Å²) in [6, 6.07) is -0.576. The fourth-order valence-electron chi connectivity index (χ4n) is 1.83. The van der Waals surface area contributed by atoms with Gasteiger partial charge in [0.05, 0.1) is 24.2 Å². The Bertz CT molecular complexity index is 461. The zero-order valence-electron chi connectivity index (χ0n) is 12.0. The molecule has 0 saturated carbocycles. The summed E-state index contributed by atoms with van der Waals surface area (Å²) in [5.74, 6) is -0.898. The molecule has 1 atom stereocenters. The van der Waals surface area contributed by atoms with Crippen LogP contribution < -0.4 is 5.32 Å². The molecular weight excluding hydrogens is 278 g/mol. The topological polar surface area (TPSA) is 82.5 Å². The molecule has 0 radical (unpaired) electrons. The minimum absolute atomic E-state index is 0.0486. The SMILES string of the molecule is CCCC(CC(=O)O)NC(=O)N(C)Cc1scnc1C. The van der Waals surface area contributed by atoms with Gasteiger partial charge in [0.15, 0.2) is 0 Å². The van der Waals surface area contributed by atoms with Crippen LogP contribution in [0.5, 0.6) is 0 Å². The third-order valence-corrected chi connectivity index (χ3v) is 3.88. The highest BCUT2D eigenvalue weighted by Gasteiger charge is 2.18. The van der Waals surface area contributed by atoms with E-state index in [-0.39, 0.29) is 18.5 Å². The number of nitrogens with one attached hydrogen (secondary N) is 1. The summed E-state index contributed by atoms with van der Waals surface area (Å²) in [7, 11) is 1.69. The summed E-state index contributed by atoms with van der Waals surface area (Å²) < 4.78 is 0. The largest absolute Gasteiger partial charge is 0.481 e. The van der Waals surface area contributed by atoms with Crippen LogP contribution in [0.2, 0.25) is 0 Å². The maximum absolute atomic E-state index is 12.1.